The third-order valence-electron chi connectivity index (χ3n) is 2.33. The van der Waals surface area contributed by atoms with Crippen LogP contribution in [0.3, 0.4) is 0 Å². The van der Waals surface area contributed by atoms with Crippen molar-refractivity contribution in [3.05, 3.63) is 0 Å². The molecule has 0 aromatic rings. The number of amides is 1. The van der Waals surface area contributed by atoms with Crippen LogP contribution >= 0.6 is 0 Å². The van der Waals surface area contributed by atoms with E-state index in [1.807, 2.05) is 11.8 Å². The van der Waals surface area contributed by atoms with Crippen LogP contribution in [-0.4, -0.2) is 43.2 Å². The van der Waals surface area contributed by atoms with Crippen molar-refractivity contribution < 1.29 is 9.53 Å². The Balaban J connectivity index is 2.31. The minimum atomic E-state index is 0.103. The monoisotopic (exact) mass is 186 g/mol. The third kappa shape index (κ3) is 2.97. The summed E-state index contributed by atoms with van der Waals surface area (Å²) in [7, 11) is 0. The molecule has 4 nitrogen and oxygen atoms in total. The van der Waals surface area contributed by atoms with Crippen LogP contribution in [-0.2, 0) is 9.53 Å². The fourth-order valence-electron chi connectivity index (χ4n) is 1.51. The van der Waals surface area contributed by atoms with Crippen LogP contribution in [0.4, 0.5) is 0 Å². The zero-order valence-corrected chi connectivity index (χ0v) is 8.16. The molecule has 76 valence electrons. The summed E-state index contributed by atoms with van der Waals surface area (Å²) in [6, 6.07) is 0. The molecule has 0 radical (unpaired) electrons. The zero-order chi connectivity index (χ0) is 9.68. The molecule has 0 saturated carbocycles. The van der Waals surface area contributed by atoms with Crippen molar-refractivity contribution in [2.24, 2.45) is 5.73 Å². The van der Waals surface area contributed by atoms with E-state index in [2.05, 4.69) is 0 Å². The Morgan fingerprint density at radius 3 is 3.08 bits per heavy atom. The molecule has 2 N–H and O–H groups in total. The van der Waals surface area contributed by atoms with E-state index in [4.69, 9.17) is 10.5 Å². The Morgan fingerprint density at radius 2 is 2.46 bits per heavy atom. The van der Waals surface area contributed by atoms with Gasteiger partial charge in [-0.2, -0.15) is 0 Å². The maximum absolute atomic E-state index is 11.2. The third-order valence-corrected chi connectivity index (χ3v) is 2.33. The average Bonchev–Trinajstić information content (AvgIpc) is 2.16. The van der Waals surface area contributed by atoms with Crippen molar-refractivity contribution >= 4 is 5.91 Å². The Morgan fingerprint density at radius 1 is 1.69 bits per heavy atom. The molecule has 0 aliphatic carbocycles. The van der Waals surface area contributed by atoms with Crippen LogP contribution in [0.5, 0.6) is 0 Å². The summed E-state index contributed by atoms with van der Waals surface area (Å²) >= 11 is 0. The predicted octanol–water partition coefficient (Wildman–Crippen LogP) is -0.0274. The first kappa shape index (κ1) is 10.5. The van der Waals surface area contributed by atoms with Gasteiger partial charge >= 0.3 is 0 Å². The minimum Gasteiger partial charge on any atom is -0.367 e. The fraction of sp³-hybridized carbons (Fsp3) is 0.889. The number of nitrogens with zero attached hydrogens (tertiary/aromatic N) is 1. The number of carbonyl (C=O) groups is 1. The smallest absolute Gasteiger partial charge is 0.248 e. The van der Waals surface area contributed by atoms with Gasteiger partial charge in [0.05, 0.1) is 6.10 Å². The lowest BCUT2D eigenvalue weighted by molar-refractivity contribution is -0.148. The first-order chi connectivity index (χ1) is 6.27. The number of morpholine rings is 1. The van der Waals surface area contributed by atoms with Crippen molar-refractivity contribution in [3.8, 4) is 0 Å². The second kappa shape index (κ2) is 5.19. The molecule has 1 atom stereocenters. The zero-order valence-electron chi connectivity index (χ0n) is 8.16. The van der Waals surface area contributed by atoms with Gasteiger partial charge in [0.15, 0.2) is 0 Å². The molecule has 1 heterocycles. The van der Waals surface area contributed by atoms with E-state index in [9.17, 15) is 4.79 Å². The van der Waals surface area contributed by atoms with Crippen LogP contribution in [0.25, 0.3) is 0 Å². The molecule has 1 fully saturated rings. The van der Waals surface area contributed by atoms with Gasteiger partial charge in [0.25, 0.3) is 0 Å². The van der Waals surface area contributed by atoms with Gasteiger partial charge in [0.2, 0.25) is 5.91 Å². The Bertz CT molecular complexity index is 173. The maximum Gasteiger partial charge on any atom is 0.248 e. The summed E-state index contributed by atoms with van der Waals surface area (Å²) in [5, 5.41) is 0. The Labute approximate surface area is 79.0 Å². The van der Waals surface area contributed by atoms with Crippen molar-refractivity contribution in [3.63, 3.8) is 0 Å². The van der Waals surface area contributed by atoms with Crippen LogP contribution in [0, 0.1) is 0 Å². The standard InChI is InChI=1S/C9H18N2O2/c1-2-11-6-8(4-3-5-10)13-7-9(11)12/h8H,2-7,10H2,1H3. The molecule has 0 bridgehead atoms. The molecule has 1 rings (SSSR count). The number of ether oxygens (including phenoxy) is 1. The number of likely N-dealkylation sites (N-methyl/N-ethyl adjacent to an activating group) is 1. The van der Waals surface area contributed by atoms with Gasteiger partial charge in [0, 0.05) is 13.1 Å². The van der Waals surface area contributed by atoms with Gasteiger partial charge in [0.1, 0.15) is 6.61 Å². The average molecular weight is 186 g/mol. The SMILES string of the molecule is CCN1CC(CCCN)OCC1=O. The number of carbonyl (C=O) groups excluding carboxylic acids is 1. The van der Waals surface area contributed by atoms with E-state index >= 15 is 0 Å². The molecule has 0 aromatic heterocycles. The lowest BCUT2D eigenvalue weighted by Gasteiger charge is -2.31. The number of hydrogen-bond donors (Lipinski definition) is 1. The van der Waals surface area contributed by atoms with Crippen LogP contribution < -0.4 is 5.73 Å². The highest BCUT2D eigenvalue weighted by atomic mass is 16.5. The number of nitrogens with two attached hydrogens (primary N) is 1. The van der Waals surface area contributed by atoms with Gasteiger partial charge in [-0.05, 0) is 26.3 Å². The summed E-state index contributed by atoms with van der Waals surface area (Å²) in [6.07, 6.45) is 2.12. The second-order valence-electron chi connectivity index (χ2n) is 3.30. The molecular formula is C9H18N2O2. The number of rotatable bonds is 4. The predicted molar refractivity (Wildman–Crippen MR) is 50.3 cm³/mol. The topological polar surface area (TPSA) is 55.6 Å². The van der Waals surface area contributed by atoms with Gasteiger partial charge < -0.3 is 15.4 Å². The van der Waals surface area contributed by atoms with E-state index in [0.717, 1.165) is 25.9 Å². The summed E-state index contributed by atoms with van der Waals surface area (Å²) < 4.78 is 5.38. The molecular weight excluding hydrogens is 168 g/mol. The molecule has 1 amide bonds. The van der Waals surface area contributed by atoms with Crippen molar-refractivity contribution in [2.45, 2.75) is 25.9 Å². The van der Waals surface area contributed by atoms with Crippen molar-refractivity contribution in [2.75, 3.05) is 26.2 Å². The highest BCUT2D eigenvalue weighted by Crippen LogP contribution is 2.10. The molecule has 1 aliphatic rings. The van der Waals surface area contributed by atoms with Gasteiger partial charge in [-0.1, -0.05) is 0 Å². The summed E-state index contributed by atoms with van der Waals surface area (Å²) in [4.78, 5) is 13.1. The van der Waals surface area contributed by atoms with Gasteiger partial charge in [-0.15, -0.1) is 0 Å². The largest absolute Gasteiger partial charge is 0.367 e. The number of hydrogen-bond acceptors (Lipinski definition) is 3. The molecule has 13 heavy (non-hydrogen) atoms. The maximum atomic E-state index is 11.2. The van der Waals surface area contributed by atoms with Crippen molar-refractivity contribution in [1.29, 1.82) is 0 Å². The molecule has 1 saturated heterocycles. The van der Waals surface area contributed by atoms with E-state index in [1.54, 1.807) is 0 Å². The van der Waals surface area contributed by atoms with E-state index in [-0.39, 0.29) is 18.6 Å². The second-order valence-corrected chi connectivity index (χ2v) is 3.30. The van der Waals surface area contributed by atoms with Crippen LogP contribution in [0.15, 0.2) is 0 Å². The Kier molecular flexibility index (Phi) is 4.18. The van der Waals surface area contributed by atoms with Gasteiger partial charge in [-0.25, -0.2) is 0 Å². The molecule has 0 spiro atoms. The van der Waals surface area contributed by atoms with Crippen LogP contribution in [0.1, 0.15) is 19.8 Å². The highest BCUT2D eigenvalue weighted by molar-refractivity contribution is 5.78. The van der Waals surface area contributed by atoms with Crippen LogP contribution in [0.2, 0.25) is 0 Å². The first-order valence-corrected chi connectivity index (χ1v) is 4.87. The van der Waals surface area contributed by atoms with Crippen molar-refractivity contribution in [1.82, 2.24) is 4.90 Å². The summed E-state index contributed by atoms with van der Waals surface area (Å²) in [5.74, 6) is 0.103. The quantitative estimate of drug-likeness (QED) is 0.671. The van der Waals surface area contributed by atoms with E-state index < -0.39 is 0 Å². The van der Waals surface area contributed by atoms with Gasteiger partial charge in [-0.3, -0.25) is 4.79 Å². The molecule has 4 heteroatoms. The molecule has 1 unspecified atom stereocenters. The summed E-state index contributed by atoms with van der Waals surface area (Å²) in [5.41, 5.74) is 5.40. The molecule has 0 aromatic carbocycles. The van der Waals surface area contributed by atoms with E-state index in [1.165, 1.54) is 0 Å². The first-order valence-electron chi connectivity index (χ1n) is 4.87. The highest BCUT2D eigenvalue weighted by Gasteiger charge is 2.24. The van der Waals surface area contributed by atoms with E-state index in [0.29, 0.717) is 6.54 Å². The minimum absolute atomic E-state index is 0.103. The fourth-order valence-corrected chi connectivity index (χ4v) is 1.51. The normalized spacial score (nSPS) is 23.7. The lowest BCUT2D eigenvalue weighted by Crippen LogP contribution is -2.46. The Hall–Kier alpha value is -0.610. The molecule has 1 aliphatic heterocycles. The summed E-state index contributed by atoms with van der Waals surface area (Å²) in [6.45, 7) is 4.43. The lowest BCUT2D eigenvalue weighted by atomic mass is 10.1.